The Kier molecular flexibility index (Phi) is 4.69. The van der Waals surface area contributed by atoms with Gasteiger partial charge in [0.25, 0.3) is 0 Å². The van der Waals surface area contributed by atoms with E-state index >= 15 is 0 Å². The molecule has 2 rings (SSSR count). The molecule has 0 radical (unpaired) electrons. The van der Waals surface area contributed by atoms with Crippen molar-refractivity contribution in [2.24, 2.45) is 0 Å². The van der Waals surface area contributed by atoms with E-state index in [0.29, 0.717) is 13.2 Å². The Bertz CT molecular complexity index is 552. The predicted octanol–water partition coefficient (Wildman–Crippen LogP) is 1.41. The van der Waals surface area contributed by atoms with Gasteiger partial charge in [0.1, 0.15) is 0 Å². The van der Waals surface area contributed by atoms with Crippen LogP contribution in [0.5, 0.6) is 0 Å². The highest BCUT2D eigenvalue weighted by Crippen LogP contribution is 2.20. The molecule has 1 aromatic carbocycles. The molecule has 0 aliphatic rings. The average Bonchev–Trinajstić information content (AvgIpc) is 2.45. The number of para-hydroxylation sites is 1. The second-order valence-corrected chi connectivity index (χ2v) is 4.07. The number of ether oxygens (including phenoxy) is 1. The van der Waals surface area contributed by atoms with Crippen LogP contribution in [-0.4, -0.2) is 37.7 Å². The van der Waals surface area contributed by atoms with Crippen molar-refractivity contribution in [1.82, 2.24) is 10.3 Å². The van der Waals surface area contributed by atoms with E-state index in [0.717, 1.165) is 16.6 Å². The van der Waals surface area contributed by atoms with Gasteiger partial charge in [-0.15, -0.1) is 0 Å². The highest BCUT2D eigenvalue weighted by molar-refractivity contribution is 5.92. The van der Waals surface area contributed by atoms with Gasteiger partial charge in [0.2, 0.25) is 5.91 Å². The number of carbonyl (C=O) groups excluding carboxylic acids is 1. The summed E-state index contributed by atoms with van der Waals surface area (Å²) in [6, 6.07) is 9.68. The Hall–Kier alpha value is -2.14. The molecule has 2 aromatic rings. The third-order valence-electron chi connectivity index (χ3n) is 2.72. The lowest BCUT2D eigenvalue weighted by Gasteiger charge is -2.09. The molecular weight excluding hydrogens is 242 g/mol. The van der Waals surface area contributed by atoms with Gasteiger partial charge in [0.05, 0.1) is 18.7 Å². The van der Waals surface area contributed by atoms with Gasteiger partial charge in [-0.3, -0.25) is 9.78 Å². The molecule has 0 saturated carbocycles. The average molecular weight is 259 g/mol. The number of hydrogen-bond acceptors (Lipinski definition) is 4. The first kappa shape index (κ1) is 13.3. The zero-order valence-electron chi connectivity index (χ0n) is 10.8. The Morgan fingerprint density at radius 3 is 3.00 bits per heavy atom. The van der Waals surface area contributed by atoms with Crippen LogP contribution in [0.2, 0.25) is 0 Å². The number of nitrogens with one attached hydrogen (secondary N) is 2. The van der Waals surface area contributed by atoms with E-state index in [1.54, 1.807) is 13.3 Å². The summed E-state index contributed by atoms with van der Waals surface area (Å²) in [7, 11) is 1.60. The van der Waals surface area contributed by atoms with Crippen LogP contribution in [0.15, 0.2) is 36.5 Å². The van der Waals surface area contributed by atoms with Gasteiger partial charge in [0, 0.05) is 30.9 Å². The molecule has 100 valence electrons. The number of methoxy groups -OCH3 is 1. The summed E-state index contributed by atoms with van der Waals surface area (Å²) in [5.74, 6) is -0.0575. The second kappa shape index (κ2) is 6.70. The lowest BCUT2D eigenvalue weighted by Crippen LogP contribution is -2.32. The Morgan fingerprint density at radius 2 is 2.16 bits per heavy atom. The first-order chi connectivity index (χ1) is 9.31. The summed E-state index contributed by atoms with van der Waals surface area (Å²) in [5.41, 5.74) is 1.82. The van der Waals surface area contributed by atoms with Crippen LogP contribution in [-0.2, 0) is 9.53 Å². The maximum atomic E-state index is 11.6. The van der Waals surface area contributed by atoms with E-state index < -0.39 is 0 Å². The molecule has 0 fully saturated rings. The van der Waals surface area contributed by atoms with Crippen molar-refractivity contribution in [3.05, 3.63) is 36.5 Å². The van der Waals surface area contributed by atoms with Crippen molar-refractivity contribution in [2.45, 2.75) is 0 Å². The van der Waals surface area contributed by atoms with Crippen LogP contribution in [0, 0.1) is 0 Å². The number of aromatic nitrogens is 1. The number of anilines is 1. The van der Waals surface area contributed by atoms with E-state index in [4.69, 9.17) is 4.74 Å². The summed E-state index contributed by atoms with van der Waals surface area (Å²) < 4.78 is 4.87. The van der Waals surface area contributed by atoms with Crippen molar-refractivity contribution < 1.29 is 9.53 Å². The first-order valence-corrected chi connectivity index (χ1v) is 6.14. The molecule has 5 nitrogen and oxygen atoms in total. The summed E-state index contributed by atoms with van der Waals surface area (Å²) in [4.78, 5) is 15.9. The molecule has 0 aliphatic heterocycles. The molecule has 0 unspecified atom stereocenters. The SMILES string of the molecule is COCCNC(=O)CNc1ccnc2ccccc12. The van der Waals surface area contributed by atoms with Crippen LogP contribution in [0.1, 0.15) is 0 Å². The standard InChI is InChI=1S/C14H17N3O2/c1-19-9-8-16-14(18)10-17-13-6-7-15-12-5-3-2-4-11(12)13/h2-7H,8-10H2,1H3,(H,15,17)(H,16,18). The van der Waals surface area contributed by atoms with Crippen LogP contribution in [0.25, 0.3) is 10.9 Å². The third kappa shape index (κ3) is 3.66. The predicted molar refractivity (Wildman–Crippen MR) is 75.1 cm³/mol. The molecule has 0 bridgehead atoms. The fourth-order valence-corrected chi connectivity index (χ4v) is 1.78. The number of fused-ring (bicyclic) bond motifs is 1. The fraction of sp³-hybridized carbons (Fsp3) is 0.286. The highest BCUT2D eigenvalue weighted by atomic mass is 16.5. The van der Waals surface area contributed by atoms with Crippen molar-refractivity contribution in [3.8, 4) is 0 Å². The van der Waals surface area contributed by atoms with Gasteiger partial charge in [-0.1, -0.05) is 18.2 Å². The van der Waals surface area contributed by atoms with Gasteiger partial charge in [-0.25, -0.2) is 0 Å². The molecule has 19 heavy (non-hydrogen) atoms. The monoisotopic (exact) mass is 259 g/mol. The summed E-state index contributed by atoms with van der Waals surface area (Å²) in [6.07, 6.45) is 1.73. The summed E-state index contributed by atoms with van der Waals surface area (Å²) in [5, 5.41) is 6.89. The van der Waals surface area contributed by atoms with Gasteiger partial charge >= 0.3 is 0 Å². The minimum absolute atomic E-state index is 0.0575. The number of hydrogen-bond donors (Lipinski definition) is 2. The van der Waals surface area contributed by atoms with Crippen molar-refractivity contribution in [1.29, 1.82) is 0 Å². The lowest BCUT2D eigenvalue weighted by atomic mass is 10.2. The van der Waals surface area contributed by atoms with E-state index in [1.165, 1.54) is 0 Å². The highest BCUT2D eigenvalue weighted by Gasteiger charge is 2.03. The van der Waals surface area contributed by atoms with E-state index in [9.17, 15) is 4.79 Å². The fourth-order valence-electron chi connectivity index (χ4n) is 1.78. The minimum atomic E-state index is -0.0575. The largest absolute Gasteiger partial charge is 0.383 e. The van der Waals surface area contributed by atoms with E-state index in [-0.39, 0.29) is 12.5 Å². The van der Waals surface area contributed by atoms with Crippen LogP contribution >= 0.6 is 0 Å². The normalized spacial score (nSPS) is 10.4. The van der Waals surface area contributed by atoms with E-state index in [2.05, 4.69) is 15.6 Å². The molecule has 0 aliphatic carbocycles. The topological polar surface area (TPSA) is 63.2 Å². The molecule has 5 heteroatoms. The van der Waals surface area contributed by atoms with Crippen LogP contribution in [0.3, 0.4) is 0 Å². The lowest BCUT2D eigenvalue weighted by molar-refractivity contribution is -0.119. The number of carbonyl (C=O) groups is 1. The molecule has 2 N–H and O–H groups in total. The first-order valence-electron chi connectivity index (χ1n) is 6.14. The molecule has 1 aromatic heterocycles. The molecular formula is C14H17N3O2. The number of rotatable bonds is 6. The molecule has 0 saturated heterocycles. The smallest absolute Gasteiger partial charge is 0.239 e. The number of nitrogens with zero attached hydrogens (tertiary/aromatic N) is 1. The quantitative estimate of drug-likeness (QED) is 0.770. The maximum absolute atomic E-state index is 11.6. The molecule has 0 spiro atoms. The number of benzene rings is 1. The van der Waals surface area contributed by atoms with Gasteiger partial charge in [-0.05, 0) is 12.1 Å². The van der Waals surface area contributed by atoms with Crippen LogP contribution in [0.4, 0.5) is 5.69 Å². The Labute approximate surface area is 112 Å². The number of amides is 1. The van der Waals surface area contributed by atoms with Crippen molar-refractivity contribution >= 4 is 22.5 Å². The van der Waals surface area contributed by atoms with Gasteiger partial charge < -0.3 is 15.4 Å². The molecule has 1 heterocycles. The minimum Gasteiger partial charge on any atom is -0.383 e. The third-order valence-corrected chi connectivity index (χ3v) is 2.72. The second-order valence-electron chi connectivity index (χ2n) is 4.07. The Balaban J connectivity index is 1.96. The Morgan fingerprint density at radius 1 is 1.32 bits per heavy atom. The zero-order valence-corrected chi connectivity index (χ0v) is 10.8. The zero-order chi connectivity index (χ0) is 13.5. The maximum Gasteiger partial charge on any atom is 0.239 e. The van der Waals surface area contributed by atoms with Gasteiger partial charge in [-0.2, -0.15) is 0 Å². The van der Waals surface area contributed by atoms with Gasteiger partial charge in [0.15, 0.2) is 0 Å². The van der Waals surface area contributed by atoms with E-state index in [1.807, 2.05) is 30.3 Å². The van der Waals surface area contributed by atoms with Crippen molar-refractivity contribution in [2.75, 3.05) is 32.1 Å². The molecule has 0 atom stereocenters. The summed E-state index contributed by atoms with van der Waals surface area (Å²) in [6.45, 7) is 1.27. The molecule has 1 amide bonds. The number of pyridine rings is 1. The van der Waals surface area contributed by atoms with Crippen LogP contribution < -0.4 is 10.6 Å². The summed E-state index contributed by atoms with van der Waals surface area (Å²) >= 11 is 0. The van der Waals surface area contributed by atoms with Crippen molar-refractivity contribution in [3.63, 3.8) is 0 Å².